The highest BCUT2D eigenvalue weighted by molar-refractivity contribution is 6.09. The highest BCUT2D eigenvalue weighted by atomic mass is 16.1. The summed E-state index contributed by atoms with van der Waals surface area (Å²) in [5.74, 6) is 0.866. The van der Waals surface area contributed by atoms with Crippen LogP contribution >= 0.6 is 0 Å². The molecule has 0 fully saturated rings. The summed E-state index contributed by atoms with van der Waals surface area (Å²) in [6.07, 6.45) is 1.53. The molecule has 6 rings (SSSR count). The fraction of sp³-hybridized carbons (Fsp3) is 0.261. The Kier molecular flexibility index (Phi) is 5.71. The lowest BCUT2D eigenvalue weighted by molar-refractivity contribution is 0.0953. The maximum Gasteiger partial charge on any atom is 0.251 e. The summed E-state index contributed by atoms with van der Waals surface area (Å²) >= 11 is 0. The summed E-state index contributed by atoms with van der Waals surface area (Å²) in [7, 11) is 0. The minimum Gasteiger partial charge on any atom is -0.384 e. The van der Waals surface area contributed by atoms with Crippen LogP contribution in [0.15, 0.2) is 42.5 Å². The van der Waals surface area contributed by atoms with Crippen molar-refractivity contribution in [3.8, 4) is 0 Å². The van der Waals surface area contributed by atoms with Gasteiger partial charge in [-0.1, -0.05) is 18.2 Å². The highest BCUT2D eigenvalue weighted by Crippen LogP contribution is 2.31. The monoisotopic (exact) mass is 443 g/mol. The molecule has 0 saturated heterocycles. The zero-order chi connectivity index (χ0) is 22.6. The van der Waals surface area contributed by atoms with Gasteiger partial charge in [0.2, 0.25) is 17.8 Å². The topological polar surface area (TPSA) is 143 Å². The van der Waals surface area contributed by atoms with Gasteiger partial charge in [0.25, 0.3) is 5.91 Å². The van der Waals surface area contributed by atoms with Crippen molar-refractivity contribution in [3.05, 3.63) is 48.0 Å². The molecule has 0 spiro atoms. The van der Waals surface area contributed by atoms with Crippen molar-refractivity contribution in [2.75, 3.05) is 47.9 Å². The van der Waals surface area contributed by atoms with E-state index in [1.807, 2.05) is 36.4 Å². The normalized spacial score (nSPS) is 15.1. The van der Waals surface area contributed by atoms with Gasteiger partial charge in [0.1, 0.15) is 0 Å². The first kappa shape index (κ1) is 20.7. The fourth-order valence-electron chi connectivity index (χ4n) is 3.87. The first-order valence-corrected chi connectivity index (χ1v) is 11.0. The second-order valence-electron chi connectivity index (χ2n) is 7.82. The Labute approximate surface area is 190 Å². The van der Waals surface area contributed by atoms with E-state index in [0.29, 0.717) is 43.5 Å². The van der Waals surface area contributed by atoms with Crippen LogP contribution in [0.5, 0.6) is 0 Å². The number of aromatic nitrogens is 4. The summed E-state index contributed by atoms with van der Waals surface area (Å²) in [4.78, 5) is 30.1. The Hall–Kier alpha value is -4.21. The van der Waals surface area contributed by atoms with Gasteiger partial charge in [-0.3, -0.25) is 4.79 Å². The van der Waals surface area contributed by atoms with Gasteiger partial charge in [0, 0.05) is 42.5 Å². The molecule has 4 heterocycles. The third-order valence-corrected chi connectivity index (χ3v) is 5.46. The zero-order valence-electron chi connectivity index (χ0n) is 18.1. The summed E-state index contributed by atoms with van der Waals surface area (Å²) in [6.45, 7) is 2.48. The van der Waals surface area contributed by atoms with Crippen molar-refractivity contribution in [2.24, 2.45) is 0 Å². The Bertz CT molecular complexity index is 1320. The average Bonchev–Trinajstić information content (AvgIpc) is 2.81. The number of carbonyl (C=O) groups is 1. The number of nitrogens with zero attached hydrogens (tertiary/aromatic N) is 4. The molecule has 0 atom stereocenters. The predicted molar refractivity (Wildman–Crippen MR) is 131 cm³/mol. The van der Waals surface area contributed by atoms with Gasteiger partial charge >= 0.3 is 0 Å². The third kappa shape index (κ3) is 4.54. The minimum absolute atomic E-state index is 0.129. The van der Waals surface area contributed by atoms with Crippen LogP contribution in [-0.2, 0) is 0 Å². The van der Waals surface area contributed by atoms with Gasteiger partial charge < -0.3 is 27.0 Å². The molecule has 0 aliphatic carbocycles. The van der Waals surface area contributed by atoms with Crippen LogP contribution in [0.1, 0.15) is 23.2 Å². The molecule has 33 heavy (non-hydrogen) atoms. The average molecular weight is 444 g/mol. The van der Waals surface area contributed by atoms with Crippen molar-refractivity contribution in [1.29, 1.82) is 0 Å². The molecule has 0 radical (unpaired) electrons. The van der Waals surface area contributed by atoms with E-state index < -0.39 is 0 Å². The Morgan fingerprint density at radius 3 is 2.15 bits per heavy atom. The number of nitrogens with one attached hydrogen (secondary N) is 4. The number of hydrogen-bond donors (Lipinski definition) is 5. The molecule has 2 aliphatic rings. The molecule has 4 aromatic rings. The number of rotatable bonds is 0. The first-order chi connectivity index (χ1) is 16.2. The van der Waals surface area contributed by atoms with Crippen LogP contribution in [0.2, 0.25) is 0 Å². The van der Waals surface area contributed by atoms with E-state index in [-0.39, 0.29) is 11.9 Å². The summed E-state index contributed by atoms with van der Waals surface area (Å²) < 4.78 is 0. The van der Waals surface area contributed by atoms with Gasteiger partial charge in [-0.25, -0.2) is 4.98 Å². The van der Waals surface area contributed by atoms with Crippen LogP contribution < -0.4 is 27.0 Å². The van der Waals surface area contributed by atoms with Gasteiger partial charge in [0.15, 0.2) is 0 Å². The van der Waals surface area contributed by atoms with Gasteiger partial charge in [-0.15, -0.1) is 0 Å². The number of nitrogen functional groups attached to an aromatic ring is 1. The molecule has 6 bridgehead atoms. The van der Waals surface area contributed by atoms with Crippen LogP contribution in [0.25, 0.3) is 21.8 Å². The number of pyridine rings is 1. The smallest absolute Gasteiger partial charge is 0.251 e. The number of fused-ring (bicyclic) bond motifs is 11. The number of nitrogens with two attached hydrogens (primary N) is 1. The molecule has 168 valence electrons. The third-order valence-electron chi connectivity index (χ3n) is 5.46. The number of benzene rings is 2. The van der Waals surface area contributed by atoms with Crippen molar-refractivity contribution in [1.82, 2.24) is 25.3 Å². The standard InChI is InChI=1S/C23H25N9O/c24-21-30-22-27-11-3-9-25-19-15-5-1-2-6-17(15)29-18-13-14(7-8-16(18)19)20(33)26-10-4-12-28-23(31-21)32-22/h1-2,5-8,13,25H,3-4,9-12H2,(H,26,33)(H4,24,27,28,30,31,32). The summed E-state index contributed by atoms with van der Waals surface area (Å²) in [5.41, 5.74) is 9.08. The van der Waals surface area contributed by atoms with Gasteiger partial charge in [-0.05, 0) is 37.1 Å². The lowest BCUT2D eigenvalue weighted by Gasteiger charge is -2.14. The largest absolute Gasteiger partial charge is 0.384 e. The van der Waals surface area contributed by atoms with E-state index >= 15 is 0 Å². The highest BCUT2D eigenvalue weighted by Gasteiger charge is 2.13. The van der Waals surface area contributed by atoms with E-state index in [4.69, 9.17) is 10.7 Å². The van der Waals surface area contributed by atoms with E-state index in [0.717, 1.165) is 40.5 Å². The molecule has 1 amide bonds. The molecular formula is C23H25N9O. The minimum atomic E-state index is -0.129. The summed E-state index contributed by atoms with van der Waals surface area (Å²) in [6, 6.07) is 13.7. The summed E-state index contributed by atoms with van der Waals surface area (Å²) in [5, 5.41) is 14.9. The van der Waals surface area contributed by atoms with E-state index in [9.17, 15) is 4.79 Å². The molecular weight excluding hydrogens is 418 g/mol. The number of carbonyl (C=O) groups excluding carboxylic acids is 1. The molecule has 10 heteroatoms. The first-order valence-electron chi connectivity index (χ1n) is 11.0. The van der Waals surface area contributed by atoms with Crippen molar-refractivity contribution < 1.29 is 4.79 Å². The maximum atomic E-state index is 12.7. The van der Waals surface area contributed by atoms with E-state index in [1.165, 1.54) is 0 Å². The molecule has 2 aliphatic heterocycles. The number of para-hydroxylation sites is 1. The Morgan fingerprint density at radius 2 is 1.36 bits per heavy atom. The fourth-order valence-corrected chi connectivity index (χ4v) is 3.87. The SMILES string of the molecule is Nc1nc2nc(n1)NCCCNc1c3ccccc3nc3cc(ccc13)C(=O)NCCCN2. The second kappa shape index (κ2) is 9.11. The Morgan fingerprint density at radius 1 is 0.697 bits per heavy atom. The number of hydrogen-bond acceptors (Lipinski definition) is 9. The number of amides is 1. The Balaban J connectivity index is 1.48. The van der Waals surface area contributed by atoms with Crippen molar-refractivity contribution >= 4 is 51.2 Å². The second-order valence-corrected chi connectivity index (χ2v) is 7.82. The molecule has 10 nitrogen and oxygen atoms in total. The lowest BCUT2D eigenvalue weighted by atomic mass is 10.0. The predicted octanol–water partition coefficient (Wildman–Crippen LogP) is 2.61. The lowest BCUT2D eigenvalue weighted by Crippen LogP contribution is -2.26. The molecule has 0 unspecified atom stereocenters. The molecule has 6 N–H and O–H groups in total. The van der Waals surface area contributed by atoms with Crippen LogP contribution in [0.3, 0.4) is 0 Å². The van der Waals surface area contributed by atoms with Crippen LogP contribution in [0.4, 0.5) is 23.5 Å². The van der Waals surface area contributed by atoms with Crippen molar-refractivity contribution in [3.63, 3.8) is 0 Å². The van der Waals surface area contributed by atoms with Crippen LogP contribution in [-0.4, -0.2) is 52.0 Å². The zero-order valence-corrected chi connectivity index (χ0v) is 18.1. The number of anilines is 4. The van der Waals surface area contributed by atoms with Crippen molar-refractivity contribution in [2.45, 2.75) is 12.8 Å². The van der Waals surface area contributed by atoms with Gasteiger partial charge in [-0.2, -0.15) is 15.0 Å². The maximum absolute atomic E-state index is 12.7. The molecule has 0 saturated carbocycles. The van der Waals surface area contributed by atoms with E-state index in [2.05, 4.69) is 42.3 Å². The van der Waals surface area contributed by atoms with E-state index in [1.54, 1.807) is 0 Å². The van der Waals surface area contributed by atoms with Gasteiger partial charge in [0.05, 0.1) is 16.7 Å². The molecule has 2 aromatic heterocycles. The van der Waals surface area contributed by atoms with Crippen LogP contribution in [0, 0.1) is 0 Å². The molecule has 2 aromatic carbocycles. The quantitative estimate of drug-likeness (QED) is 0.259.